The van der Waals surface area contributed by atoms with E-state index in [-0.39, 0.29) is 0 Å². The molecule has 0 spiro atoms. The summed E-state index contributed by atoms with van der Waals surface area (Å²) in [5.74, 6) is -3.01. The zero-order valence-corrected chi connectivity index (χ0v) is 13.8. The number of carboxylic acids is 1. The Bertz CT molecular complexity index is 246. The summed E-state index contributed by atoms with van der Waals surface area (Å²) in [5, 5.41) is 8.78. The predicted molar refractivity (Wildman–Crippen MR) is 76.6 cm³/mol. The Morgan fingerprint density at radius 3 is 1.29 bits per heavy atom. The number of aliphatic carboxylic acids is 1. The van der Waals surface area contributed by atoms with E-state index >= 15 is 0 Å². The van der Waals surface area contributed by atoms with Crippen molar-refractivity contribution >= 4 is 5.97 Å². The molecule has 0 aromatic rings. The van der Waals surface area contributed by atoms with Crippen LogP contribution in [-0.2, 0) is 4.79 Å². The molecule has 21 heavy (non-hydrogen) atoms. The Labute approximate surface area is 126 Å². The predicted octanol–water partition coefficient (Wildman–Crippen LogP) is 3.13. The van der Waals surface area contributed by atoms with Gasteiger partial charge in [-0.3, -0.25) is 0 Å². The molecule has 0 aliphatic heterocycles. The molecule has 0 aromatic carbocycles. The van der Waals surface area contributed by atoms with Crippen LogP contribution < -0.4 is 5.11 Å². The van der Waals surface area contributed by atoms with Crippen LogP contribution in [0.25, 0.3) is 0 Å². The molecule has 0 unspecified atom stereocenters. The first-order valence-corrected chi connectivity index (χ1v) is 7.74. The van der Waals surface area contributed by atoms with Crippen LogP contribution in [-0.4, -0.2) is 43.3 Å². The van der Waals surface area contributed by atoms with E-state index in [0.717, 1.165) is 0 Å². The second-order valence-electron chi connectivity index (χ2n) is 5.64. The van der Waals surface area contributed by atoms with Crippen LogP contribution in [0.4, 0.5) is 13.2 Å². The number of hydrogen-bond acceptors (Lipinski definition) is 2. The van der Waals surface area contributed by atoms with Crippen molar-refractivity contribution in [2.45, 2.75) is 65.5 Å². The summed E-state index contributed by atoms with van der Waals surface area (Å²) in [7, 11) is 2.45. The van der Waals surface area contributed by atoms with Gasteiger partial charge in [-0.25, -0.2) is 0 Å². The Balaban J connectivity index is 0. The third kappa shape index (κ3) is 13.9. The Kier molecular flexibility index (Phi) is 12.7. The van der Waals surface area contributed by atoms with Crippen LogP contribution in [0.3, 0.4) is 0 Å². The van der Waals surface area contributed by atoms with Crippen molar-refractivity contribution in [3.8, 4) is 0 Å². The number of alkyl halides is 3. The minimum absolute atomic E-state index is 1.32. The van der Waals surface area contributed by atoms with Gasteiger partial charge < -0.3 is 14.4 Å². The van der Waals surface area contributed by atoms with Crippen molar-refractivity contribution < 1.29 is 27.6 Å². The van der Waals surface area contributed by atoms with Gasteiger partial charge in [0.25, 0.3) is 0 Å². The number of unbranched alkanes of at least 4 members (excludes halogenated alkanes) is 3. The molecule has 0 aliphatic rings. The summed E-state index contributed by atoms with van der Waals surface area (Å²) in [6, 6.07) is 0. The van der Waals surface area contributed by atoms with Gasteiger partial charge in [-0.1, -0.05) is 40.0 Å². The largest absolute Gasteiger partial charge is 0.542 e. The molecular weight excluding hydrogens is 283 g/mol. The van der Waals surface area contributed by atoms with Gasteiger partial charge in [0.05, 0.1) is 26.7 Å². The molecule has 0 aromatic heterocycles. The molecule has 0 amide bonds. The van der Waals surface area contributed by atoms with Crippen molar-refractivity contribution in [2.24, 2.45) is 0 Å². The summed E-state index contributed by atoms with van der Waals surface area (Å²) in [4.78, 5) is 8.78. The molecule has 6 heteroatoms. The number of carboxylic acid groups (broad SMARTS) is 1. The first-order valence-electron chi connectivity index (χ1n) is 7.74. The van der Waals surface area contributed by atoms with Crippen LogP contribution in [0.1, 0.15) is 59.3 Å². The zero-order valence-electron chi connectivity index (χ0n) is 13.8. The van der Waals surface area contributed by atoms with E-state index in [4.69, 9.17) is 9.90 Å². The van der Waals surface area contributed by atoms with E-state index in [0.29, 0.717) is 0 Å². The smallest absolute Gasteiger partial charge is 0.430 e. The van der Waals surface area contributed by atoms with Gasteiger partial charge >= 0.3 is 6.18 Å². The lowest BCUT2D eigenvalue weighted by Crippen LogP contribution is -2.46. The average Bonchev–Trinajstić information content (AvgIpc) is 2.40. The second-order valence-corrected chi connectivity index (χ2v) is 5.64. The van der Waals surface area contributed by atoms with E-state index < -0.39 is 12.1 Å². The number of quaternary nitrogens is 1. The minimum atomic E-state index is -5.19. The lowest BCUT2D eigenvalue weighted by Gasteiger charge is -2.34. The summed E-state index contributed by atoms with van der Waals surface area (Å²) in [6.07, 6.45) is 3.00. The average molecular weight is 313 g/mol. The Morgan fingerprint density at radius 1 is 0.905 bits per heavy atom. The summed E-state index contributed by atoms with van der Waals surface area (Å²) >= 11 is 0. The fourth-order valence-electron chi connectivity index (χ4n) is 1.95. The van der Waals surface area contributed by atoms with Crippen molar-refractivity contribution in [3.63, 3.8) is 0 Å². The van der Waals surface area contributed by atoms with E-state index in [1.807, 2.05) is 0 Å². The van der Waals surface area contributed by atoms with Gasteiger partial charge in [0.15, 0.2) is 0 Å². The maximum atomic E-state index is 10.5. The maximum absolute atomic E-state index is 10.5. The molecule has 0 radical (unpaired) electrons. The number of hydrogen-bond donors (Lipinski definition) is 0. The van der Waals surface area contributed by atoms with Crippen LogP contribution in [0.15, 0.2) is 0 Å². The van der Waals surface area contributed by atoms with Crippen molar-refractivity contribution in [1.29, 1.82) is 0 Å². The molecule has 0 saturated carbocycles. The van der Waals surface area contributed by atoms with E-state index in [9.17, 15) is 13.2 Å². The second kappa shape index (κ2) is 11.8. The summed E-state index contributed by atoms with van der Waals surface area (Å²) < 4.78 is 32.9. The molecule has 0 atom stereocenters. The van der Waals surface area contributed by atoms with Gasteiger partial charge in [-0.05, 0) is 19.3 Å². The minimum Gasteiger partial charge on any atom is -0.542 e. The maximum Gasteiger partial charge on any atom is 0.430 e. The topological polar surface area (TPSA) is 40.1 Å². The molecule has 3 nitrogen and oxygen atoms in total. The number of carbonyl (C=O) groups excluding carboxylic acids is 1. The first-order chi connectivity index (χ1) is 9.63. The van der Waals surface area contributed by atoms with Crippen molar-refractivity contribution in [3.05, 3.63) is 0 Å². The third-order valence-corrected chi connectivity index (χ3v) is 3.39. The molecular formula is C15H30F3NO2. The normalized spacial score (nSPS) is 11.8. The molecule has 0 aliphatic carbocycles. The molecule has 0 saturated heterocycles. The number of carbonyl (C=O) groups is 1. The zero-order chi connectivity index (χ0) is 16.9. The van der Waals surface area contributed by atoms with Crippen molar-refractivity contribution in [2.75, 3.05) is 26.7 Å². The fraction of sp³-hybridized carbons (Fsp3) is 0.933. The van der Waals surface area contributed by atoms with Crippen LogP contribution in [0.5, 0.6) is 0 Å². The quantitative estimate of drug-likeness (QED) is 0.614. The molecule has 0 rings (SSSR count). The highest BCUT2D eigenvalue weighted by Crippen LogP contribution is 2.11. The van der Waals surface area contributed by atoms with Crippen molar-refractivity contribution in [1.82, 2.24) is 0 Å². The number of halogens is 3. The van der Waals surface area contributed by atoms with Gasteiger partial charge in [0, 0.05) is 0 Å². The monoisotopic (exact) mass is 313 g/mol. The van der Waals surface area contributed by atoms with E-state index in [1.165, 1.54) is 62.6 Å². The van der Waals surface area contributed by atoms with E-state index in [1.54, 1.807) is 0 Å². The Hall–Kier alpha value is -0.780. The number of rotatable bonds is 9. The summed E-state index contributed by atoms with van der Waals surface area (Å²) in [5.41, 5.74) is 0. The van der Waals surface area contributed by atoms with Crippen LogP contribution in [0.2, 0.25) is 0 Å². The first kappa shape index (κ1) is 22.5. The lowest BCUT2D eigenvalue weighted by molar-refractivity contribution is -0.910. The van der Waals surface area contributed by atoms with Crippen LogP contribution in [0, 0.1) is 0 Å². The fourth-order valence-corrected chi connectivity index (χ4v) is 1.95. The van der Waals surface area contributed by atoms with Crippen LogP contribution >= 0.6 is 0 Å². The standard InChI is InChI=1S/C13H30N.C2HF3O2/c1-5-8-11-14(4,12-9-6-2)13-10-7-3;3-2(4,5)1(6)7/h5-13H2,1-4H3;(H,6,7)/q+1;/p-1. The SMILES string of the molecule is CCCC[N+](C)(CCCC)CCCC.O=C([O-])C(F)(F)F. The van der Waals surface area contributed by atoms with E-state index in [2.05, 4.69) is 27.8 Å². The molecule has 0 bridgehead atoms. The highest BCUT2D eigenvalue weighted by molar-refractivity contribution is 5.70. The molecule has 128 valence electrons. The molecule has 0 fully saturated rings. The van der Waals surface area contributed by atoms with Gasteiger partial charge in [0.1, 0.15) is 5.97 Å². The third-order valence-electron chi connectivity index (χ3n) is 3.39. The Morgan fingerprint density at radius 2 is 1.14 bits per heavy atom. The molecule has 0 heterocycles. The van der Waals surface area contributed by atoms with Gasteiger partial charge in [-0.2, -0.15) is 13.2 Å². The highest BCUT2D eigenvalue weighted by Gasteiger charge is 2.28. The molecule has 0 N–H and O–H groups in total. The van der Waals surface area contributed by atoms with Gasteiger partial charge in [0.2, 0.25) is 0 Å². The highest BCUT2D eigenvalue weighted by atomic mass is 19.4. The van der Waals surface area contributed by atoms with Gasteiger partial charge in [-0.15, -0.1) is 0 Å². The lowest BCUT2D eigenvalue weighted by atomic mass is 10.2. The number of nitrogens with zero attached hydrogens (tertiary/aromatic N) is 1. The summed E-state index contributed by atoms with van der Waals surface area (Å²) in [6.45, 7) is 11.0.